The van der Waals surface area contributed by atoms with Crippen LogP contribution in [0.1, 0.15) is 17.3 Å². The molecule has 0 spiro atoms. The van der Waals surface area contributed by atoms with Gasteiger partial charge in [0, 0.05) is 22.3 Å². The zero-order valence-electron chi connectivity index (χ0n) is 11.2. The van der Waals surface area contributed by atoms with E-state index >= 15 is 0 Å². The first kappa shape index (κ1) is 15.4. The highest BCUT2D eigenvalue weighted by atomic mass is 79.9. The fourth-order valence-corrected chi connectivity index (χ4v) is 2.19. The van der Waals surface area contributed by atoms with Crippen LogP contribution in [0.15, 0.2) is 40.9 Å². The molecule has 0 aliphatic carbocycles. The van der Waals surface area contributed by atoms with Gasteiger partial charge in [0.15, 0.2) is 11.6 Å². The molecule has 1 amide bonds. The molecule has 0 radical (unpaired) electrons. The Hall–Kier alpha value is -1.95. The minimum absolute atomic E-state index is 0.269. The summed E-state index contributed by atoms with van der Waals surface area (Å²) in [6, 6.07) is 8.81. The Morgan fingerprint density at radius 1 is 1.14 bits per heavy atom. The highest BCUT2D eigenvalue weighted by molar-refractivity contribution is 9.10. The molecule has 0 unspecified atom stereocenters. The van der Waals surface area contributed by atoms with E-state index in [0.717, 1.165) is 24.4 Å². The van der Waals surface area contributed by atoms with Gasteiger partial charge in [0.25, 0.3) is 5.91 Å². The van der Waals surface area contributed by atoms with Crippen LogP contribution in [0.3, 0.4) is 0 Å². The minimum atomic E-state index is -0.834. The summed E-state index contributed by atoms with van der Waals surface area (Å²) in [4.78, 5) is 12.0. The van der Waals surface area contributed by atoms with Crippen molar-refractivity contribution >= 4 is 33.2 Å². The van der Waals surface area contributed by atoms with Gasteiger partial charge >= 0.3 is 0 Å². The summed E-state index contributed by atoms with van der Waals surface area (Å²) in [5, 5.41) is 5.33. The number of halogens is 3. The van der Waals surface area contributed by atoms with Gasteiger partial charge in [-0.2, -0.15) is 0 Å². The molecular weight excluding hydrogens is 342 g/mol. The van der Waals surface area contributed by atoms with E-state index in [-0.39, 0.29) is 4.47 Å². The summed E-state index contributed by atoms with van der Waals surface area (Å²) in [6.45, 7) is 2.72. The Morgan fingerprint density at radius 3 is 2.24 bits per heavy atom. The van der Waals surface area contributed by atoms with Crippen molar-refractivity contribution in [3.63, 3.8) is 0 Å². The van der Waals surface area contributed by atoms with Crippen molar-refractivity contribution in [3.05, 3.63) is 58.1 Å². The number of carbonyl (C=O) groups excluding carboxylic acids is 1. The van der Waals surface area contributed by atoms with Crippen molar-refractivity contribution in [1.29, 1.82) is 0 Å². The number of benzene rings is 2. The van der Waals surface area contributed by atoms with Crippen LogP contribution in [-0.2, 0) is 0 Å². The summed E-state index contributed by atoms with van der Waals surface area (Å²) in [5.41, 5.74) is 0.729. The number of rotatable bonds is 4. The zero-order valence-corrected chi connectivity index (χ0v) is 12.8. The second-order valence-corrected chi connectivity index (χ2v) is 5.22. The van der Waals surface area contributed by atoms with E-state index in [1.165, 1.54) is 0 Å². The summed E-state index contributed by atoms with van der Waals surface area (Å²) in [6.07, 6.45) is 0. The molecule has 2 rings (SSSR count). The van der Waals surface area contributed by atoms with Gasteiger partial charge in [-0.1, -0.05) is 15.9 Å². The van der Waals surface area contributed by atoms with Crippen LogP contribution in [0, 0.1) is 11.6 Å². The van der Waals surface area contributed by atoms with Gasteiger partial charge in [-0.05, 0) is 43.3 Å². The van der Waals surface area contributed by atoms with Crippen molar-refractivity contribution in [2.24, 2.45) is 0 Å². The van der Waals surface area contributed by atoms with Gasteiger partial charge in [-0.15, -0.1) is 0 Å². The van der Waals surface area contributed by atoms with Crippen LogP contribution >= 0.6 is 15.9 Å². The Balaban J connectivity index is 2.18. The molecule has 0 aliphatic rings. The number of amides is 1. The second kappa shape index (κ2) is 6.67. The van der Waals surface area contributed by atoms with E-state index in [9.17, 15) is 13.6 Å². The third kappa shape index (κ3) is 3.78. The van der Waals surface area contributed by atoms with Crippen LogP contribution < -0.4 is 10.6 Å². The molecule has 6 heteroatoms. The molecule has 2 N–H and O–H groups in total. The topological polar surface area (TPSA) is 41.1 Å². The van der Waals surface area contributed by atoms with Crippen LogP contribution in [0.5, 0.6) is 0 Å². The fraction of sp³-hybridized carbons (Fsp3) is 0.133. The lowest BCUT2D eigenvalue weighted by molar-refractivity contribution is 0.102. The van der Waals surface area contributed by atoms with Crippen molar-refractivity contribution in [1.82, 2.24) is 0 Å². The average Bonchev–Trinajstić information content (AvgIpc) is 2.43. The van der Waals surface area contributed by atoms with Gasteiger partial charge in [0.2, 0.25) is 0 Å². The van der Waals surface area contributed by atoms with Gasteiger partial charge in [-0.25, -0.2) is 8.78 Å². The van der Waals surface area contributed by atoms with Gasteiger partial charge < -0.3 is 10.6 Å². The van der Waals surface area contributed by atoms with Crippen LogP contribution in [0.25, 0.3) is 0 Å². The predicted molar refractivity (Wildman–Crippen MR) is 82.6 cm³/mol. The maximum absolute atomic E-state index is 13.7. The smallest absolute Gasteiger partial charge is 0.255 e. The van der Waals surface area contributed by atoms with Crippen molar-refractivity contribution in [3.8, 4) is 0 Å². The van der Waals surface area contributed by atoms with E-state index in [1.54, 1.807) is 24.3 Å². The number of carbonyl (C=O) groups is 1. The van der Waals surface area contributed by atoms with Crippen LogP contribution in [-0.4, -0.2) is 12.5 Å². The quantitative estimate of drug-likeness (QED) is 0.853. The van der Waals surface area contributed by atoms with Crippen molar-refractivity contribution in [2.75, 3.05) is 17.2 Å². The van der Waals surface area contributed by atoms with Crippen LogP contribution in [0.2, 0.25) is 0 Å². The molecule has 3 nitrogen and oxygen atoms in total. The molecule has 0 saturated carbocycles. The molecule has 110 valence electrons. The summed E-state index contributed by atoms with van der Waals surface area (Å²) >= 11 is 2.98. The molecular formula is C15H13BrF2N2O. The number of anilines is 2. The standard InChI is InChI=1S/C15H13BrF2N2O/c1-2-19-11-5-3-9(4-6-11)15(21)20-14-12(17)7-10(16)8-13(14)18/h3-8,19H,2H2,1H3,(H,20,21). The number of hydrogen-bond acceptors (Lipinski definition) is 2. The molecule has 0 atom stereocenters. The molecule has 0 aromatic heterocycles. The Labute approximate surface area is 129 Å². The molecule has 2 aromatic rings. The van der Waals surface area contributed by atoms with Crippen molar-refractivity contribution < 1.29 is 13.6 Å². The molecule has 2 aromatic carbocycles. The van der Waals surface area contributed by atoms with Gasteiger partial charge in [-0.3, -0.25) is 4.79 Å². The highest BCUT2D eigenvalue weighted by Gasteiger charge is 2.14. The SMILES string of the molecule is CCNc1ccc(C(=O)Nc2c(F)cc(Br)cc2F)cc1. The molecule has 0 heterocycles. The molecule has 21 heavy (non-hydrogen) atoms. The van der Waals surface area contributed by atoms with E-state index in [0.29, 0.717) is 5.56 Å². The average molecular weight is 355 g/mol. The van der Waals surface area contributed by atoms with E-state index in [2.05, 4.69) is 26.6 Å². The lowest BCUT2D eigenvalue weighted by Crippen LogP contribution is -2.14. The monoisotopic (exact) mass is 354 g/mol. The summed E-state index contributed by atoms with van der Waals surface area (Å²) < 4.78 is 27.6. The van der Waals surface area contributed by atoms with E-state index in [1.807, 2.05) is 6.92 Å². The fourth-order valence-electron chi connectivity index (χ4n) is 1.79. The van der Waals surface area contributed by atoms with E-state index in [4.69, 9.17) is 0 Å². The van der Waals surface area contributed by atoms with E-state index < -0.39 is 23.2 Å². The third-order valence-corrected chi connectivity index (χ3v) is 3.23. The first-order chi connectivity index (χ1) is 10.0. The normalized spacial score (nSPS) is 10.3. The van der Waals surface area contributed by atoms with Gasteiger partial charge in [0.05, 0.1) is 0 Å². The minimum Gasteiger partial charge on any atom is -0.385 e. The number of hydrogen-bond donors (Lipinski definition) is 2. The first-order valence-electron chi connectivity index (χ1n) is 6.31. The maximum Gasteiger partial charge on any atom is 0.255 e. The Bertz CT molecular complexity index is 636. The summed E-state index contributed by atoms with van der Waals surface area (Å²) in [7, 11) is 0. The van der Waals surface area contributed by atoms with Crippen LogP contribution in [0.4, 0.5) is 20.2 Å². The molecule has 0 aliphatic heterocycles. The maximum atomic E-state index is 13.7. The predicted octanol–water partition coefficient (Wildman–Crippen LogP) is 4.41. The number of nitrogens with one attached hydrogen (secondary N) is 2. The molecule has 0 bridgehead atoms. The Kier molecular flexibility index (Phi) is 4.90. The highest BCUT2D eigenvalue weighted by Crippen LogP contribution is 2.24. The zero-order chi connectivity index (χ0) is 15.4. The lowest BCUT2D eigenvalue weighted by atomic mass is 10.2. The molecule has 0 fully saturated rings. The Morgan fingerprint density at radius 2 is 1.71 bits per heavy atom. The van der Waals surface area contributed by atoms with Crippen molar-refractivity contribution in [2.45, 2.75) is 6.92 Å². The largest absolute Gasteiger partial charge is 0.385 e. The second-order valence-electron chi connectivity index (χ2n) is 4.31. The first-order valence-corrected chi connectivity index (χ1v) is 7.10. The lowest BCUT2D eigenvalue weighted by Gasteiger charge is -2.09. The third-order valence-electron chi connectivity index (χ3n) is 2.77. The molecule has 0 saturated heterocycles. The summed E-state index contributed by atoms with van der Waals surface area (Å²) in [5.74, 6) is -2.24. The van der Waals surface area contributed by atoms with Gasteiger partial charge in [0.1, 0.15) is 5.69 Å².